The minimum atomic E-state index is -6.28. The summed E-state index contributed by atoms with van der Waals surface area (Å²) in [4.78, 5) is 11.2. The third kappa shape index (κ3) is 6.06. The van der Waals surface area contributed by atoms with Crippen LogP contribution in [-0.4, -0.2) is 56.7 Å². The Morgan fingerprint density at radius 1 is 0.882 bits per heavy atom. The number of nitrogens with zero attached hydrogens (tertiary/aromatic N) is 1. The van der Waals surface area contributed by atoms with Gasteiger partial charge in [-0.15, -0.1) is 11.6 Å². The van der Waals surface area contributed by atoms with Crippen LogP contribution in [0, 0.1) is 6.08 Å². The second kappa shape index (κ2) is 9.79. The fraction of sp³-hybridized carbons (Fsp3) is 0.375. The van der Waals surface area contributed by atoms with Gasteiger partial charge in [0.25, 0.3) is 5.92 Å². The molecule has 0 amide bonds. The second-order valence-electron chi connectivity index (χ2n) is 5.92. The molecule has 18 heteroatoms. The molecule has 1 aromatic heterocycles. The van der Waals surface area contributed by atoms with E-state index >= 15 is 0 Å². The molecular weight excluding hydrogens is 696 g/mol. The number of allylic oxidation sites excluding steroid dienone is 4. The number of aliphatic hydroxyl groups is 1. The Balaban J connectivity index is 0.000000684. The Bertz CT molecular complexity index is 935. The van der Waals surface area contributed by atoms with Gasteiger partial charge in [0.15, 0.2) is 0 Å². The number of carbonyl (C=O) groups excluding carboxylic acids is 1. The molecule has 0 saturated heterocycles. The van der Waals surface area contributed by atoms with Crippen molar-refractivity contribution in [2.24, 2.45) is 0 Å². The maximum Gasteiger partial charge on any atom is 0.509 e. The van der Waals surface area contributed by atoms with E-state index in [2.05, 4.69) is 4.98 Å². The van der Waals surface area contributed by atoms with Crippen molar-refractivity contribution in [3.8, 4) is 0 Å². The molecule has 1 heterocycles. The topological polar surface area (TPSA) is 54.5 Å². The summed E-state index contributed by atoms with van der Waals surface area (Å²) in [5.74, 6) is -28.6. The number of rotatable bonds is 2. The summed E-state index contributed by atoms with van der Waals surface area (Å²) in [6.45, 7) is 0. The molecule has 0 aromatic carbocycles. The fourth-order valence-corrected chi connectivity index (χ4v) is 1.89. The monoisotopic (exact) mass is 704 g/mol. The number of hydrogen-bond acceptors (Lipinski definition) is 2. The van der Waals surface area contributed by atoms with Crippen LogP contribution < -0.4 is 0 Å². The quantitative estimate of drug-likeness (QED) is 0.137. The molecule has 0 spiro atoms. The average Bonchev–Trinajstić information content (AvgIpc) is 2.64. The Kier molecular flexibility index (Phi) is 9.15. The number of aliphatic hydroxyl groups excluding tert-OH is 1. The Labute approximate surface area is 192 Å². The molecule has 1 aromatic rings. The Morgan fingerprint density at radius 3 is 1.76 bits per heavy atom. The molecule has 0 atom stereocenters. The van der Waals surface area contributed by atoms with Crippen LogP contribution in [-0.2, 0) is 20.1 Å². The summed E-state index contributed by atoms with van der Waals surface area (Å²) in [5.41, 5.74) is -3.04. The summed E-state index contributed by atoms with van der Waals surface area (Å²) in [6, 6.07) is 2.97. The van der Waals surface area contributed by atoms with Gasteiger partial charge in [-0.25, -0.2) is 8.78 Å². The number of pyridine rings is 1. The van der Waals surface area contributed by atoms with Crippen molar-refractivity contribution in [1.29, 1.82) is 0 Å². The van der Waals surface area contributed by atoms with Gasteiger partial charge in [-0.3, -0.25) is 4.79 Å². The number of ketones is 1. The first-order valence-corrected chi connectivity index (χ1v) is 7.69. The van der Waals surface area contributed by atoms with E-state index in [9.17, 15) is 61.5 Å². The summed E-state index contributed by atoms with van der Waals surface area (Å²) in [5, 5.41) is 7.97. The Morgan fingerprint density at radius 2 is 1.38 bits per heavy atom. The first-order valence-electron chi connectivity index (χ1n) is 7.69. The molecule has 0 unspecified atom stereocenters. The summed E-state index contributed by atoms with van der Waals surface area (Å²) < 4.78 is 173. The summed E-state index contributed by atoms with van der Waals surface area (Å²) >= 11 is 0. The van der Waals surface area contributed by atoms with E-state index in [4.69, 9.17) is 9.90 Å². The standard InChI is InChI=1S/C11H4F8N.C5H2F6O2.Ir/c12-8(13)5-6(7-3-1-2-4-20-7)9(14,15)11(18,19)10(8,16)17;6-4(7,8)2(12)1-3(13)5(9,10)11;/h1-4H;1,12H;/q-1;;/p+1/b;2-1-;. The largest absolute Gasteiger partial charge is 0.509 e. The van der Waals surface area contributed by atoms with E-state index in [1.54, 1.807) is 0 Å². The van der Waals surface area contributed by atoms with E-state index in [0.717, 1.165) is 12.3 Å². The van der Waals surface area contributed by atoms with Crippen LogP contribution in [0.15, 0.2) is 36.2 Å². The molecule has 1 aliphatic rings. The van der Waals surface area contributed by atoms with Crippen molar-refractivity contribution in [1.82, 2.24) is 4.98 Å². The van der Waals surface area contributed by atoms with Gasteiger partial charge in [-0.05, 0) is 6.07 Å². The van der Waals surface area contributed by atoms with Crippen molar-refractivity contribution in [3.63, 3.8) is 0 Å². The molecule has 1 radical (unpaired) electrons. The molecule has 2 rings (SSSR count). The zero-order valence-electron chi connectivity index (χ0n) is 15.4. The van der Waals surface area contributed by atoms with Gasteiger partial charge in [-0.1, -0.05) is 11.8 Å². The minimum absolute atomic E-state index is 0. The smallest absolute Gasteiger partial charge is 0.504 e. The summed E-state index contributed by atoms with van der Waals surface area (Å²) in [7, 11) is 0. The third-order valence-corrected chi connectivity index (χ3v) is 3.55. The first kappa shape index (κ1) is 31.8. The molecular formula is C16H7F14IrNO2. The molecule has 1 aliphatic carbocycles. The van der Waals surface area contributed by atoms with Crippen molar-refractivity contribution in [2.75, 3.05) is 0 Å². The van der Waals surface area contributed by atoms with Gasteiger partial charge in [0.1, 0.15) is 0 Å². The molecule has 0 bridgehead atoms. The maximum atomic E-state index is 13.5. The minimum Gasteiger partial charge on any atom is -0.504 e. The maximum absolute atomic E-state index is 13.5. The van der Waals surface area contributed by atoms with Crippen LogP contribution in [0.4, 0.5) is 61.5 Å². The van der Waals surface area contributed by atoms with Crippen molar-refractivity contribution < 1.29 is 91.5 Å². The predicted molar refractivity (Wildman–Crippen MR) is 80.4 cm³/mol. The van der Waals surface area contributed by atoms with Gasteiger partial charge in [0.2, 0.25) is 5.76 Å². The molecule has 3 nitrogen and oxygen atoms in total. The van der Waals surface area contributed by atoms with Gasteiger partial charge in [-0.2, -0.15) is 58.8 Å². The van der Waals surface area contributed by atoms with Crippen LogP contribution in [0.5, 0.6) is 0 Å². The van der Waals surface area contributed by atoms with Crippen LogP contribution in [0.1, 0.15) is 5.69 Å². The molecule has 0 aliphatic heterocycles. The van der Waals surface area contributed by atoms with Crippen molar-refractivity contribution >= 4 is 11.4 Å². The summed E-state index contributed by atoms with van der Waals surface area (Å²) in [6.07, 6.45) is -10.1. The normalized spacial score (nSPS) is 20.8. The predicted octanol–water partition coefficient (Wildman–Crippen LogP) is 5.92. The molecule has 0 fully saturated rings. The van der Waals surface area contributed by atoms with E-state index < -0.39 is 64.9 Å². The van der Waals surface area contributed by atoms with E-state index in [1.165, 1.54) is 6.07 Å². The number of alkyl halides is 14. The third-order valence-electron chi connectivity index (χ3n) is 3.55. The van der Waals surface area contributed by atoms with Crippen molar-refractivity contribution in [2.45, 2.75) is 36.0 Å². The van der Waals surface area contributed by atoms with Crippen LogP contribution in [0.25, 0.3) is 5.57 Å². The van der Waals surface area contributed by atoms with Gasteiger partial charge >= 0.3 is 35.9 Å². The van der Waals surface area contributed by atoms with Crippen molar-refractivity contribution in [3.05, 3.63) is 48.0 Å². The SMILES string of the molecule is FC1(F)[C-]=C(c2ccccn2)C(F)(F)C(F)(F)C1(F)F.O/C(=C\C(=[OH+])C(F)(F)F)C(F)(F)F.[Ir]. The van der Waals surface area contributed by atoms with Gasteiger partial charge < -0.3 is 10.1 Å². The number of aromatic nitrogens is 1. The Hall–Kier alpha value is -2.23. The number of hydrogen-bond donors (Lipinski definition) is 1. The van der Waals surface area contributed by atoms with Gasteiger partial charge in [0, 0.05) is 26.3 Å². The van der Waals surface area contributed by atoms with E-state index in [0.29, 0.717) is 12.1 Å². The molecule has 0 saturated carbocycles. The molecule has 195 valence electrons. The van der Waals surface area contributed by atoms with Crippen LogP contribution in [0.3, 0.4) is 0 Å². The zero-order chi connectivity index (χ0) is 26.3. The molecule has 2 N–H and O–H groups in total. The first-order chi connectivity index (χ1) is 14.5. The second-order valence-corrected chi connectivity index (χ2v) is 5.92. The van der Waals surface area contributed by atoms with Gasteiger partial charge in [0.05, 0.1) is 6.08 Å². The zero-order valence-corrected chi connectivity index (χ0v) is 17.7. The average molecular weight is 703 g/mol. The molecule has 34 heavy (non-hydrogen) atoms. The van der Waals surface area contributed by atoms with E-state index in [1.807, 2.05) is 0 Å². The number of halogens is 14. The fourth-order valence-electron chi connectivity index (χ4n) is 1.89. The van der Waals surface area contributed by atoms with Crippen LogP contribution in [0.2, 0.25) is 0 Å². The van der Waals surface area contributed by atoms with E-state index in [-0.39, 0.29) is 20.1 Å². The van der Waals surface area contributed by atoms with Crippen LogP contribution >= 0.6 is 0 Å².